The summed E-state index contributed by atoms with van der Waals surface area (Å²) in [7, 11) is -9.90. The molecule has 5 atom stereocenters. The van der Waals surface area contributed by atoms with E-state index in [1.165, 1.54) is 128 Å². The zero-order valence-electron chi connectivity index (χ0n) is 54.8. The van der Waals surface area contributed by atoms with E-state index >= 15 is 0 Å². The maximum absolute atomic E-state index is 13.0. The molecule has 0 heterocycles. The number of aliphatic hydroxyl groups is 1. The number of carbonyl (C=O) groups is 4. The molecule has 3 N–H and O–H groups in total. The number of allylic oxidation sites excluding steroid dienone is 4. The van der Waals surface area contributed by atoms with Gasteiger partial charge in [0.1, 0.15) is 19.3 Å². The highest BCUT2D eigenvalue weighted by atomic mass is 31.2. The Bertz CT molecular complexity index is 1750. The lowest BCUT2D eigenvalue weighted by Crippen LogP contribution is -2.30. The molecule has 0 aromatic rings. The lowest BCUT2D eigenvalue weighted by Gasteiger charge is -2.21. The zero-order chi connectivity index (χ0) is 63.3. The highest BCUT2D eigenvalue weighted by molar-refractivity contribution is 7.47. The minimum Gasteiger partial charge on any atom is -0.462 e. The molecular formula is C67H126O17P2. The van der Waals surface area contributed by atoms with Crippen molar-refractivity contribution in [3.63, 3.8) is 0 Å². The first kappa shape index (κ1) is 83.5. The SMILES string of the molecule is CCCCCC/C=C\C=C/CCCCCCCC(=O)O[C@H](COC(=O)CCCCCCCCCCCCCCCCC)COP(=O)(O)OC[C@@H](O)COP(=O)(O)OC[C@@H](COC(=O)CCCCCCCCCC)OC(=O)CCCCCCCCCC. The molecule has 506 valence electrons. The Hall–Kier alpha value is -2.46. The Labute approximate surface area is 522 Å². The third-order valence-corrected chi connectivity index (χ3v) is 16.9. The smallest absolute Gasteiger partial charge is 0.462 e. The molecule has 0 radical (unpaired) electrons. The molecule has 0 aromatic heterocycles. The van der Waals surface area contributed by atoms with Gasteiger partial charge >= 0.3 is 39.5 Å². The minimum absolute atomic E-state index is 0.0858. The standard InChI is InChI=1S/C67H126O17P2/c1-5-9-13-17-21-25-27-29-31-33-35-37-41-44-48-52-65(70)78-58-63(84-67(72)54-50-46-42-38-36-34-32-30-28-26-22-18-14-10-6-2)60-82-86(75,76)80-56-61(68)55-79-85(73,74)81-59-62(83-66(71)53-49-45-40-24-20-16-12-8-4)57-77-64(69)51-47-43-39-23-19-15-11-7-3/h26,28,30,32,61-63,68H,5-25,27,29,31,33-60H2,1-4H3,(H,73,74)(H,75,76)/b28-26-,32-30-/t61-,62+,63+/m0/s1. The average molecular weight is 1270 g/mol. The van der Waals surface area contributed by atoms with E-state index in [-0.39, 0.29) is 25.7 Å². The molecule has 0 aromatic carbocycles. The summed E-state index contributed by atoms with van der Waals surface area (Å²) >= 11 is 0. The Morgan fingerprint density at radius 1 is 0.326 bits per heavy atom. The number of unbranched alkanes of at least 4 members (excludes halogenated alkanes) is 37. The van der Waals surface area contributed by atoms with E-state index in [1.54, 1.807) is 0 Å². The fourth-order valence-electron chi connectivity index (χ4n) is 9.62. The fourth-order valence-corrected chi connectivity index (χ4v) is 11.2. The van der Waals surface area contributed by atoms with Crippen molar-refractivity contribution in [1.29, 1.82) is 0 Å². The monoisotopic (exact) mass is 1260 g/mol. The predicted molar refractivity (Wildman–Crippen MR) is 345 cm³/mol. The van der Waals surface area contributed by atoms with Crippen LogP contribution >= 0.6 is 15.6 Å². The molecule has 0 rings (SSSR count). The summed E-state index contributed by atoms with van der Waals surface area (Å²) in [6.07, 6.45) is 50.9. The molecule has 86 heavy (non-hydrogen) atoms. The topological polar surface area (TPSA) is 237 Å². The highest BCUT2D eigenvalue weighted by Crippen LogP contribution is 2.45. The van der Waals surface area contributed by atoms with E-state index in [4.69, 9.17) is 37.0 Å². The summed E-state index contributed by atoms with van der Waals surface area (Å²) in [4.78, 5) is 72.2. The van der Waals surface area contributed by atoms with E-state index < -0.39 is 97.5 Å². The van der Waals surface area contributed by atoms with Gasteiger partial charge in [-0.15, -0.1) is 0 Å². The summed E-state index contributed by atoms with van der Waals surface area (Å²) in [6, 6.07) is 0. The van der Waals surface area contributed by atoms with Crippen molar-refractivity contribution in [3.05, 3.63) is 24.3 Å². The van der Waals surface area contributed by atoms with Crippen LogP contribution in [0.4, 0.5) is 0 Å². The van der Waals surface area contributed by atoms with Gasteiger partial charge in [0, 0.05) is 25.7 Å². The van der Waals surface area contributed by atoms with Crippen molar-refractivity contribution < 1.29 is 80.2 Å². The van der Waals surface area contributed by atoms with Gasteiger partial charge in [-0.05, 0) is 51.4 Å². The van der Waals surface area contributed by atoms with Gasteiger partial charge in [0.05, 0.1) is 26.4 Å². The molecule has 0 spiro atoms. The molecule has 0 aliphatic rings. The maximum atomic E-state index is 13.0. The molecule has 0 fully saturated rings. The first-order chi connectivity index (χ1) is 41.7. The fraction of sp³-hybridized carbons (Fsp3) is 0.881. The van der Waals surface area contributed by atoms with Crippen LogP contribution < -0.4 is 0 Å². The molecule has 0 saturated carbocycles. The Balaban J connectivity index is 5.23. The molecule has 19 heteroatoms. The molecular weight excluding hydrogens is 1140 g/mol. The van der Waals surface area contributed by atoms with Gasteiger partial charge in [0.2, 0.25) is 0 Å². The summed E-state index contributed by atoms with van der Waals surface area (Å²) in [5.41, 5.74) is 0. The maximum Gasteiger partial charge on any atom is 0.472 e. The minimum atomic E-state index is -4.95. The average Bonchev–Trinajstić information content (AvgIpc) is 3.55. The van der Waals surface area contributed by atoms with E-state index in [1.807, 2.05) is 0 Å². The second kappa shape index (κ2) is 61.4. The summed E-state index contributed by atoms with van der Waals surface area (Å²) < 4.78 is 68.0. The number of ether oxygens (including phenoxy) is 4. The Morgan fingerprint density at radius 2 is 0.558 bits per heavy atom. The molecule has 0 aliphatic heterocycles. The first-order valence-electron chi connectivity index (χ1n) is 34.6. The second-order valence-electron chi connectivity index (χ2n) is 23.5. The molecule has 0 saturated heterocycles. The van der Waals surface area contributed by atoms with Crippen LogP contribution in [0.5, 0.6) is 0 Å². The Morgan fingerprint density at radius 3 is 0.849 bits per heavy atom. The molecule has 0 amide bonds. The van der Waals surface area contributed by atoms with Gasteiger partial charge in [-0.2, -0.15) is 0 Å². The number of hydrogen-bond acceptors (Lipinski definition) is 15. The number of carbonyl (C=O) groups excluding carboxylic acids is 4. The molecule has 17 nitrogen and oxygen atoms in total. The number of rotatable bonds is 66. The third-order valence-electron chi connectivity index (χ3n) is 15.0. The number of phosphoric acid groups is 2. The first-order valence-corrected chi connectivity index (χ1v) is 37.6. The molecule has 2 unspecified atom stereocenters. The second-order valence-corrected chi connectivity index (χ2v) is 26.4. The number of hydrogen-bond donors (Lipinski definition) is 3. The summed E-state index contributed by atoms with van der Waals surface area (Å²) in [6.45, 7) is 4.80. The van der Waals surface area contributed by atoms with Crippen LogP contribution in [-0.2, 0) is 65.4 Å². The van der Waals surface area contributed by atoms with E-state index in [0.717, 1.165) is 116 Å². The lowest BCUT2D eigenvalue weighted by molar-refractivity contribution is -0.161. The van der Waals surface area contributed by atoms with E-state index in [0.29, 0.717) is 25.7 Å². The number of aliphatic hydroxyl groups excluding tert-OH is 1. The summed E-state index contributed by atoms with van der Waals surface area (Å²) in [5.74, 6) is -2.16. The van der Waals surface area contributed by atoms with Crippen LogP contribution in [-0.4, -0.2) is 96.7 Å². The van der Waals surface area contributed by atoms with E-state index in [9.17, 15) is 43.2 Å². The number of esters is 4. The largest absolute Gasteiger partial charge is 0.472 e. The van der Waals surface area contributed by atoms with Gasteiger partial charge in [-0.25, -0.2) is 9.13 Å². The highest BCUT2D eigenvalue weighted by Gasteiger charge is 2.30. The van der Waals surface area contributed by atoms with Gasteiger partial charge in [0.25, 0.3) is 0 Å². The van der Waals surface area contributed by atoms with Gasteiger partial charge in [-0.3, -0.25) is 37.3 Å². The normalized spacial score (nSPS) is 14.3. The van der Waals surface area contributed by atoms with Crippen molar-refractivity contribution in [3.8, 4) is 0 Å². The van der Waals surface area contributed by atoms with Crippen molar-refractivity contribution in [2.75, 3.05) is 39.6 Å². The van der Waals surface area contributed by atoms with Gasteiger partial charge in [0.15, 0.2) is 12.2 Å². The van der Waals surface area contributed by atoms with Crippen LogP contribution in [0.3, 0.4) is 0 Å². The van der Waals surface area contributed by atoms with Crippen LogP contribution in [0.1, 0.15) is 323 Å². The predicted octanol–water partition coefficient (Wildman–Crippen LogP) is 18.7. The summed E-state index contributed by atoms with van der Waals surface area (Å²) in [5, 5.41) is 10.5. The van der Waals surface area contributed by atoms with Crippen LogP contribution in [0.2, 0.25) is 0 Å². The molecule has 0 bridgehead atoms. The van der Waals surface area contributed by atoms with E-state index in [2.05, 4.69) is 52.0 Å². The third kappa shape index (κ3) is 60.5. The number of phosphoric ester groups is 2. The molecule has 0 aliphatic carbocycles. The van der Waals surface area contributed by atoms with Crippen molar-refractivity contribution in [2.24, 2.45) is 0 Å². The van der Waals surface area contributed by atoms with Crippen molar-refractivity contribution >= 4 is 39.5 Å². The van der Waals surface area contributed by atoms with Crippen LogP contribution in [0.25, 0.3) is 0 Å². The Kier molecular flexibility index (Phi) is 59.6. The van der Waals surface area contributed by atoms with Crippen LogP contribution in [0, 0.1) is 0 Å². The van der Waals surface area contributed by atoms with Gasteiger partial charge in [-0.1, -0.05) is 270 Å². The quantitative estimate of drug-likeness (QED) is 0.0169. The lowest BCUT2D eigenvalue weighted by atomic mass is 10.0. The zero-order valence-corrected chi connectivity index (χ0v) is 56.6. The van der Waals surface area contributed by atoms with Crippen molar-refractivity contribution in [1.82, 2.24) is 0 Å². The van der Waals surface area contributed by atoms with Gasteiger partial charge < -0.3 is 33.8 Å². The van der Waals surface area contributed by atoms with Crippen LogP contribution in [0.15, 0.2) is 24.3 Å². The van der Waals surface area contributed by atoms with Crippen molar-refractivity contribution in [2.45, 2.75) is 341 Å².